The van der Waals surface area contributed by atoms with Gasteiger partial charge in [-0.3, -0.25) is 4.79 Å². The molecule has 0 unspecified atom stereocenters. The van der Waals surface area contributed by atoms with Crippen LogP contribution in [0.3, 0.4) is 0 Å². The van der Waals surface area contributed by atoms with Gasteiger partial charge in [-0.25, -0.2) is 0 Å². The fourth-order valence-corrected chi connectivity index (χ4v) is 3.83. The van der Waals surface area contributed by atoms with Crippen LogP contribution in [0.25, 0.3) is 6.08 Å². The van der Waals surface area contributed by atoms with E-state index in [1.54, 1.807) is 0 Å². The summed E-state index contributed by atoms with van der Waals surface area (Å²) in [5.41, 5.74) is 4.53. The molecule has 1 fully saturated rings. The Balaban J connectivity index is 2.15. The second-order valence-corrected chi connectivity index (χ2v) is 7.97. The second kappa shape index (κ2) is 11.3. The Morgan fingerprint density at radius 1 is 1.07 bits per heavy atom. The molecular formula is C24H38N2O. The van der Waals surface area contributed by atoms with Gasteiger partial charge in [0.25, 0.3) is 5.91 Å². The number of unbranched alkanes of at least 4 members (excludes halogenated alkanes) is 2. The molecule has 2 rings (SSSR count). The Morgan fingerprint density at radius 3 is 2.15 bits per heavy atom. The van der Waals surface area contributed by atoms with Crippen LogP contribution in [0.15, 0.2) is 18.2 Å². The fourth-order valence-electron chi connectivity index (χ4n) is 3.83. The molecule has 3 nitrogen and oxygen atoms in total. The average Bonchev–Trinajstić information content (AvgIpc) is 2.67. The van der Waals surface area contributed by atoms with Gasteiger partial charge < -0.3 is 10.2 Å². The molecule has 0 aromatic heterocycles. The summed E-state index contributed by atoms with van der Waals surface area (Å²) in [5, 5.41) is 3.42. The smallest absolute Gasteiger partial charge is 0.253 e. The molecule has 1 aromatic carbocycles. The lowest BCUT2D eigenvalue weighted by atomic mass is 9.94. The molecule has 150 valence electrons. The van der Waals surface area contributed by atoms with Crippen LogP contribution in [0.1, 0.15) is 79.4 Å². The molecule has 0 aliphatic carbocycles. The third kappa shape index (κ3) is 6.49. The molecule has 3 heteroatoms. The minimum Gasteiger partial charge on any atom is -0.339 e. The molecule has 0 radical (unpaired) electrons. The van der Waals surface area contributed by atoms with E-state index < -0.39 is 0 Å². The first-order valence-corrected chi connectivity index (χ1v) is 10.9. The fraction of sp³-hybridized carbons (Fsp3) is 0.625. The number of piperidine rings is 1. The predicted octanol–water partition coefficient (Wildman–Crippen LogP) is 5.36. The van der Waals surface area contributed by atoms with E-state index in [4.69, 9.17) is 0 Å². The number of nitrogens with one attached hydrogen (secondary N) is 1. The van der Waals surface area contributed by atoms with Crippen molar-refractivity contribution in [1.82, 2.24) is 10.2 Å². The second-order valence-electron chi connectivity index (χ2n) is 7.97. The third-order valence-corrected chi connectivity index (χ3v) is 5.61. The molecule has 1 amide bonds. The summed E-state index contributed by atoms with van der Waals surface area (Å²) in [6.07, 6.45) is 11.5. The lowest BCUT2D eigenvalue weighted by molar-refractivity contribution is 0.0751. The van der Waals surface area contributed by atoms with E-state index in [-0.39, 0.29) is 5.91 Å². The minimum atomic E-state index is 0.192. The van der Waals surface area contributed by atoms with Gasteiger partial charge >= 0.3 is 0 Å². The van der Waals surface area contributed by atoms with Crippen molar-refractivity contribution in [2.45, 2.75) is 66.2 Å². The summed E-state index contributed by atoms with van der Waals surface area (Å²) in [7, 11) is 0. The van der Waals surface area contributed by atoms with Crippen LogP contribution in [0.2, 0.25) is 0 Å². The monoisotopic (exact) mass is 370 g/mol. The van der Waals surface area contributed by atoms with Gasteiger partial charge in [-0.1, -0.05) is 38.8 Å². The number of hydrogen-bond acceptors (Lipinski definition) is 2. The van der Waals surface area contributed by atoms with Crippen molar-refractivity contribution in [2.24, 2.45) is 5.92 Å². The SMILES string of the molecule is CCCCN(CCCC)C(=O)c1cc(C)c(/C=C/C2CCNCC2)c(C)c1. The topological polar surface area (TPSA) is 32.3 Å². The number of amides is 1. The Kier molecular flexibility index (Phi) is 9.06. The molecule has 1 aliphatic rings. The molecule has 1 aliphatic heterocycles. The number of rotatable bonds is 9. The molecule has 27 heavy (non-hydrogen) atoms. The molecule has 0 saturated carbocycles. The molecular weight excluding hydrogens is 332 g/mol. The molecule has 0 spiro atoms. The number of nitrogens with zero attached hydrogens (tertiary/aromatic N) is 1. The lowest BCUT2D eigenvalue weighted by Gasteiger charge is -2.23. The number of carbonyl (C=O) groups excluding carboxylic acids is 1. The van der Waals surface area contributed by atoms with Gasteiger partial charge in [0, 0.05) is 18.7 Å². The number of aryl methyl sites for hydroxylation is 2. The van der Waals surface area contributed by atoms with Gasteiger partial charge in [-0.2, -0.15) is 0 Å². The maximum absolute atomic E-state index is 13.1. The van der Waals surface area contributed by atoms with Crippen LogP contribution in [0, 0.1) is 19.8 Å². The normalized spacial score (nSPS) is 15.4. The summed E-state index contributed by atoms with van der Waals surface area (Å²) in [4.78, 5) is 15.1. The highest BCUT2D eigenvalue weighted by Crippen LogP contribution is 2.22. The number of carbonyl (C=O) groups is 1. The highest BCUT2D eigenvalue weighted by Gasteiger charge is 2.17. The summed E-state index contributed by atoms with van der Waals surface area (Å²) in [6.45, 7) is 12.6. The van der Waals surface area contributed by atoms with Crippen molar-refractivity contribution >= 4 is 12.0 Å². The van der Waals surface area contributed by atoms with Crippen LogP contribution < -0.4 is 5.32 Å². The molecule has 0 atom stereocenters. The maximum Gasteiger partial charge on any atom is 0.253 e. The van der Waals surface area contributed by atoms with Crippen LogP contribution >= 0.6 is 0 Å². The van der Waals surface area contributed by atoms with E-state index in [1.807, 2.05) is 4.90 Å². The van der Waals surface area contributed by atoms with E-state index in [9.17, 15) is 4.79 Å². The zero-order valence-corrected chi connectivity index (χ0v) is 17.8. The first-order valence-electron chi connectivity index (χ1n) is 10.9. The first kappa shape index (κ1) is 21.7. The summed E-state index contributed by atoms with van der Waals surface area (Å²) < 4.78 is 0. The van der Waals surface area contributed by atoms with E-state index >= 15 is 0 Å². The van der Waals surface area contributed by atoms with Gasteiger partial charge in [-0.15, -0.1) is 0 Å². The quantitative estimate of drug-likeness (QED) is 0.635. The van der Waals surface area contributed by atoms with Crippen LogP contribution in [-0.2, 0) is 0 Å². The van der Waals surface area contributed by atoms with Gasteiger partial charge in [0.05, 0.1) is 0 Å². The Hall–Kier alpha value is -1.61. The zero-order chi connectivity index (χ0) is 19.6. The van der Waals surface area contributed by atoms with Crippen LogP contribution in [-0.4, -0.2) is 37.0 Å². The minimum absolute atomic E-state index is 0.192. The predicted molar refractivity (Wildman–Crippen MR) is 116 cm³/mol. The Morgan fingerprint density at radius 2 is 1.63 bits per heavy atom. The highest BCUT2D eigenvalue weighted by atomic mass is 16.2. The van der Waals surface area contributed by atoms with Crippen molar-refractivity contribution < 1.29 is 4.79 Å². The molecule has 1 heterocycles. The Bertz CT molecular complexity index is 598. The van der Waals surface area contributed by atoms with E-state index in [0.29, 0.717) is 5.92 Å². The molecule has 1 aromatic rings. The highest BCUT2D eigenvalue weighted by molar-refractivity contribution is 5.95. The maximum atomic E-state index is 13.1. The van der Waals surface area contributed by atoms with Crippen LogP contribution in [0.5, 0.6) is 0 Å². The average molecular weight is 371 g/mol. The number of hydrogen-bond donors (Lipinski definition) is 1. The van der Waals surface area contributed by atoms with Gasteiger partial charge in [0.1, 0.15) is 0 Å². The summed E-state index contributed by atoms with van der Waals surface area (Å²) in [6, 6.07) is 4.17. The zero-order valence-electron chi connectivity index (χ0n) is 17.8. The summed E-state index contributed by atoms with van der Waals surface area (Å²) in [5.74, 6) is 0.863. The molecule has 1 saturated heterocycles. The van der Waals surface area contributed by atoms with Crippen molar-refractivity contribution in [3.63, 3.8) is 0 Å². The summed E-state index contributed by atoms with van der Waals surface area (Å²) >= 11 is 0. The van der Waals surface area contributed by atoms with Gasteiger partial charge in [0.15, 0.2) is 0 Å². The standard InChI is InChI=1S/C24H38N2O/c1-5-7-15-26(16-8-6-2)24(27)22-17-19(3)23(20(4)18-22)10-9-21-11-13-25-14-12-21/h9-10,17-18,21,25H,5-8,11-16H2,1-4H3/b10-9+. The largest absolute Gasteiger partial charge is 0.339 e. The molecule has 0 bridgehead atoms. The van der Waals surface area contributed by atoms with Crippen molar-refractivity contribution in [1.29, 1.82) is 0 Å². The first-order chi connectivity index (χ1) is 13.1. The van der Waals surface area contributed by atoms with Gasteiger partial charge in [0.2, 0.25) is 0 Å². The van der Waals surface area contributed by atoms with Crippen molar-refractivity contribution in [2.75, 3.05) is 26.2 Å². The van der Waals surface area contributed by atoms with E-state index in [1.165, 1.54) is 29.5 Å². The number of benzene rings is 1. The van der Waals surface area contributed by atoms with E-state index in [0.717, 1.165) is 57.4 Å². The van der Waals surface area contributed by atoms with Crippen molar-refractivity contribution in [3.05, 3.63) is 40.5 Å². The van der Waals surface area contributed by atoms with E-state index in [2.05, 4.69) is 57.3 Å². The third-order valence-electron chi connectivity index (χ3n) is 5.61. The van der Waals surface area contributed by atoms with Crippen molar-refractivity contribution in [3.8, 4) is 0 Å². The number of allylic oxidation sites excluding steroid dienone is 1. The Labute approximate surface area is 166 Å². The van der Waals surface area contributed by atoms with Gasteiger partial charge in [-0.05, 0) is 87.4 Å². The molecule has 1 N–H and O–H groups in total. The lowest BCUT2D eigenvalue weighted by Crippen LogP contribution is -2.33. The van der Waals surface area contributed by atoms with Crippen LogP contribution in [0.4, 0.5) is 0 Å².